The zero-order chi connectivity index (χ0) is 25.4. The molecule has 3 aromatic rings. The number of hydrogen-bond acceptors (Lipinski definition) is 6. The van der Waals surface area contributed by atoms with Crippen LogP contribution in [-0.4, -0.2) is 65.6 Å². The molecule has 0 amide bonds. The van der Waals surface area contributed by atoms with Gasteiger partial charge in [-0.2, -0.15) is 14.7 Å². The standard InChI is InChI=1S/C24H34N6O3SSi/c1-6-34(31,32)29-16-24(17-29,8-9-25)30-15-20(14-27-30)22-19(2)13-26-23-21(22)7-10-28(23)18-33-11-12-35(3,4)5/h7,10,13-15H,6,8,11-12,16-18H2,1-5H3. The van der Waals surface area contributed by atoms with E-state index in [1.807, 2.05) is 36.1 Å². The zero-order valence-electron chi connectivity index (χ0n) is 21.2. The lowest BCUT2D eigenvalue weighted by Gasteiger charge is -2.47. The molecule has 0 radical (unpaired) electrons. The molecule has 0 atom stereocenters. The second-order valence-corrected chi connectivity index (χ2v) is 18.5. The highest BCUT2D eigenvalue weighted by molar-refractivity contribution is 7.89. The lowest BCUT2D eigenvalue weighted by molar-refractivity contribution is 0.0719. The number of hydrogen-bond donors (Lipinski definition) is 0. The van der Waals surface area contributed by atoms with Crippen LogP contribution in [0.1, 0.15) is 18.9 Å². The van der Waals surface area contributed by atoms with Gasteiger partial charge in [-0.1, -0.05) is 19.6 Å². The maximum Gasteiger partial charge on any atom is 0.213 e. The largest absolute Gasteiger partial charge is 0.361 e. The van der Waals surface area contributed by atoms with E-state index < -0.39 is 23.6 Å². The van der Waals surface area contributed by atoms with Gasteiger partial charge in [0.25, 0.3) is 0 Å². The highest BCUT2D eigenvalue weighted by Gasteiger charge is 2.49. The Bertz CT molecular complexity index is 1360. The van der Waals surface area contributed by atoms with Crippen LogP contribution in [0.2, 0.25) is 25.7 Å². The Hall–Kier alpha value is -2.52. The first-order valence-corrected chi connectivity index (χ1v) is 17.2. The number of nitriles is 1. The molecule has 35 heavy (non-hydrogen) atoms. The van der Waals surface area contributed by atoms with Crippen LogP contribution in [0.25, 0.3) is 22.2 Å². The highest BCUT2D eigenvalue weighted by Crippen LogP contribution is 2.37. The SMILES string of the molecule is CCS(=O)(=O)N1CC(CC#N)(n2cc(-c3c(C)cnc4c3ccn4COCC[Si](C)(C)C)cn2)C1. The molecule has 0 spiro atoms. The summed E-state index contributed by atoms with van der Waals surface area (Å²) in [6.45, 7) is 12.4. The maximum absolute atomic E-state index is 12.3. The number of aromatic nitrogens is 4. The van der Waals surface area contributed by atoms with Crippen molar-refractivity contribution in [3.05, 3.63) is 36.4 Å². The molecule has 4 heterocycles. The quantitative estimate of drug-likeness (QED) is 0.301. The van der Waals surface area contributed by atoms with Gasteiger partial charge in [-0.05, 0) is 31.5 Å². The molecule has 1 fully saturated rings. The fraction of sp³-hybridized carbons (Fsp3) is 0.542. The summed E-state index contributed by atoms with van der Waals surface area (Å²) in [5, 5.41) is 15.0. The van der Waals surface area contributed by atoms with Gasteiger partial charge in [0.15, 0.2) is 0 Å². The van der Waals surface area contributed by atoms with Crippen LogP contribution in [0, 0.1) is 18.3 Å². The molecular weight excluding hydrogens is 480 g/mol. The fourth-order valence-electron chi connectivity index (χ4n) is 4.45. The lowest BCUT2D eigenvalue weighted by atomic mass is 9.89. The van der Waals surface area contributed by atoms with Crippen molar-refractivity contribution < 1.29 is 13.2 Å². The zero-order valence-corrected chi connectivity index (χ0v) is 23.0. The van der Waals surface area contributed by atoms with E-state index in [1.54, 1.807) is 17.8 Å². The lowest BCUT2D eigenvalue weighted by Crippen LogP contribution is -2.64. The third-order valence-electron chi connectivity index (χ3n) is 6.67. The summed E-state index contributed by atoms with van der Waals surface area (Å²) < 4.78 is 35.7. The molecule has 11 heteroatoms. The van der Waals surface area contributed by atoms with Gasteiger partial charge in [-0.25, -0.2) is 13.4 Å². The van der Waals surface area contributed by atoms with E-state index in [2.05, 4.69) is 35.8 Å². The summed E-state index contributed by atoms with van der Waals surface area (Å²) in [6.07, 6.45) is 7.77. The molecule has 4 rings (SSSR count). The Morgan fingerprint density at radius 2 is 2.00 bits per heavy atom. The number of ether oxygens (including phenoxy) is 1. The van der Waals surface area contributed by atoms with E-state index in [1.165, 1.54) is 4.31 Å². The van der Waals surface area contributed by atoms with E-state index >= 15 is 0 Å². The van der Waals surface area contributed by atoms with E-state index in [0.29, 0.717) is 6.73 Å². The minimum Gasteiger partial charge on any atom is -0.361 e. The van der Waals surface area contributed by atoms with Gasteiger partial charge in [0.1, 0.15) is 17.9 Å². The molecule has 1 aliphatic rings. The number of nitrogens with zero attached hydrogens (tertiary/aromatic N) is 6. The maximum atomic E-state index is 12.3. The van der Waals surface area contributed by atoms with E-state index in [0.717, 1.165) is 40.4 Å². The first-order chi connectivity index (χ1) is 16.5. The van der Waals surface area contributed by atoms with Gasteiger partial charge in [-0.3, -0.25) is 4.68 Å². The molecule has 0 N–H and O–H groups in total. The van der Waals surface area contributed by atoms with Crippen LogP contribution >= 0.6 is 0 Å². The van der Waals surface area contributed by atoms with Crippen molar-refractivity contribution in [3.63, 3.8) is 0 Å². The number of aryl methyl sites for hydroxylation is 1. The Labute approximate surface area is 208 Å². The number of sulfonamides is 1. The van der Waals surface area contributed by atoms with Crippen LogP contribution in [0.5, 0.6) is 0 Å². The second kappa shape index (κ2) is 9.50. The minimum absolute atomic E-state index is 0.0486. The van der Waals surface area contributed by atoms with E-state index in [9.17, 15) is 13.7 Å². The second-order valence-electron chi connectivity index (χ2n) is 10.6. The average Bonchev–Trinajstić information content (AvgIpc) is 3.40. The fourth-order valence-corrected chi connectivity index (χ4v) is 6.45. The molecule has 0 aliphatic carbocycles. The smallest absolute Gasteiger partial charge is 0.213 e. The van der Waals surface area contributed by atoms with Crippen molar-refractivity contribution in [1.29, 1.82) is 5.26 Å². The number of pyridine rings is 1. The normalized spacial score (nSPS) is 16.3. The third kappa shape index (κ3) is 5.07. The van der Waals surface area contributed by atoms with Crippen LogP contribution < -0.4 is 0 Å². The van der Waals surface area contributed by atoms with Gasteiger partial charge in [0.2, 0.25) is 10.0 Å². The molecule has 3 aromatic heterocycles. The molecule has 0 saturated carbocycles. The first kappa shape index (κ1) is 25.6. The molecule has 0 unspecified atom stereocenters. The van der Waals surface area contributed by atoms with Crippen molar-refractivity contribution in [2.75, 3.05) is 25.4 Å². The Morgan fingerprint density at radius 1 is 1.26 bits per heavy atom. The summed E-state index contributed by atoms with van der Waals surface area (Å²) in [5.74, 6) is 0.0486. The summed E-state index contributed by atoms with van der Waals surface area (Å²) >= 11 is 0. The van der Waals surface area contributed by atoms with Crippen LogP contribution in [-0.2, 0) is 27.0 Å². The van der Waals surface area contributed by atoms with Crippen molar-refractivity contribution in [3.8, 4) is 17.2 Å². The predicted octanol–water partition coefficient (Wildman–Crippen LogP) is 3.79. The van der Waals surface area contributed by atoms with Crippen molar-refractivity contribution in [2.24, 2.45) is 0 Å². The van der Waals surface area contributed by atoms with Gasteiger partial charge >= 0.3 is 0 Å². The predicted molar refractivity (Wildman–Crippen MR) is 139 cm³/mol. The number of fused-ring (bicyclic) bond motifs is 1. The summed E-state index contributed by atoms with van der Waals surface area (Å²) in [4.78, 5) is 4.66. The molecular formula is C24H34N6O3SSi. The van der Waals surface area contributed by atoms with Gasteiger partial charge in [0, 0.05) is 62.9 Å². The molecule has 1 saturated heterocycles. The Balaban J connectivity index is 1.60. The molecule has 0 bridgehead atoms. The molecule has 9 nitrogen and oxygen atoms in total. The average molecular weight is 515 g/mol. The highest BCUT2D eigenvalue weighted by atomic mass is 32.2. The first-order valence-electron chi connectivity index (χ1n) is 11.9. The van der Waals surface area contributed by atoms with Crippen LogP contribution in [0.4, 0.5) is 0 Å². The van der Waals surface area contributed by atoms with Crippen LogP contribution in [0.3, 0.4) is 0 Å². The summed E-state index contributed by atoms with van der Waals surface area (Å²) in [6, 6.07) is 5.38. The van der Waals surface area contributed by atoms with Crippen LogP contribution in [0.15, 0.2) is 30.9 Å². The Morgan fingerprint density at radius 3 is 2.66 bits per heavy atom. The summed E-state index contributed by atoms with van der Waals surface area (Å²) in [5.41, 5.74) is 3.17. The third-order valence-corrected chi connectivity index (χ3v) is 10.1. The van der Waals surface area contributed by atoms with Crippen molar-refractivity contribution >= 4 is 29.1 Å². The molecule has 0 aromatic carbocycles. The van der Waals surface area contributed by atoms with E-state index in [-0.39, 0.29) is 25.3 Å². The van der Waals surface area contributed by atoms with Crippen molar-refractivity contribution in [1.82, 2.24) is 23.6 Å². The minimum atomic E-state index is -3.29. The summed E-state index contributed by atoms with van der Waals surface area (Å²) in [7, 11) is -4.44. The monoisotopic (exact) mass is 514 g/mol. The van der Waals surface area contributed by atoms with Gasteiger partial charge in [-0.15, -0.1) is 0 Å². The van der Waals surface area contributed by atoms with E-state index in [4.69, 9.17) is 4.74 Å². The molecule has 1 aliphatic heterocycles. The van der Waals surface area contributed by atoms with Crippen molar-refractivity contribution in [2.45, 2.75) is 58.2 Å². The van der Waals surface area contributed by atoms with Gasteiger partial charge in [0.05, 0.1) is 24.4 Å². The number of rotatable bonds is 10. The Kier molecular flexibility index (Phi) is 6.94. The molecule has 188 valence electrons. The van der Waals surface area contributed by atoms with Gasteiger partial charge < -0.3 is 9.30 Å². The topological polar surface area (TPSA) is 106 Å².